The Balaban J connectivity index is 1.78. The lowest BCUT2D eigenvalue weighted by Gasteiger charge is -2.14. The Morgan fingerprint density at radius 2 is 2.00 bits per heavy atom. The number of ketones is 1. The molecule has 0 aliphatic carbocycles. The molecule has 2 heterocycles. The lowest BCUT2D eigenvalue weighted by molar-refractivity contribution is -0.139. The van der Waals surface area contributed by atoms with E-state index < -0.39 is 29.6 Å². The van der Waals surface area contributed by atoms with E-state index in [-0.39, 0.29) is 12.2 Å². The van der Waals surface area contributed by atoms with Crippen LogP contribution in [-0.2, 0) is 25.4 Å². The molecule has 1 aromatic carbocycles. The van der Waals surface area contributed by atoms with E-state index in [0.717, 1.165) is 18.7 Å². The number of halogens is 1. The molecule has 0 spiro atoms. The van der Waals surface area contributed by atoms with Crippen LogP contribution in [0, 0.1) is 5.82 Å². The first-order valence-electron chi connectivity index (χ1n) is 8.11. The second kappa shape index (κ2) is 8.15. The van der Waals surface area contributed by atoms with E-state index in [4.69, 9.17) is 13.9 Å². The van der Waals surface area contributed by atoms with Crippen molar-refractivity contribution in [1.82, 2.24) is 0 Å². The van der Waals surface area contributed by atoms with Gasteiger partial charge in [-0.05, 0) is 29.8 Å². The number of allylic oxidation sites excluding steroid dienone is 1. The van der Waals surface area contributed by atoms with E-state index in [1.54, 1.807) is 12.1 Å². The average Bonchev–Trinajstić information content (AvgIpc) is 3.34. The first-order chi connectivity index (χ1) is 13.0. The van der Waals surface area contributed by atoms with Gasteiger partial charge in [-0.3, -0.25) is 4.79 Å². The highest BCUT2D eigenvalue weighted by atomic mass is 19.1. The number of aliphatic hydroxyl groups is 1. The van der Waals surface area contributed by atoms with Gasteiger partial charge in [0.1, 0.15) is 11.6 Å². The summed E-state index contributed by atoms with van der Waals surface area (Å²) in [4.78, 5) is 23.2. The first kappa shape index (κ1) is 18.8. The molecule has 0 saturated carbocycles. The summed E-state index contributed by atoms with van der Waals surface area (Å²) in [5.41, 5.74) is 1.28. The highest BCUT2D eigenvalue weighted by Gasteiger charge is 2.23. The molecular weight excluding hydrogens is 359 g/mol. The minimum atomic E-state index is -1.03. The van der Waals surface area contributed by atoms with Gasteiger partial charge in [0, 0.05) is 18.1 Å². The summed E-state index contributed by atoms with van der Waals surface area (Å²) in [7, 11) is 1.08. The summed E-state index contributed by atoms with van der Waals surface area (Å²) >= 11 is 0. The Hall–Kier alpha value is -2.97. The third-order valence-corrected chi connectivity index (χ3v) is 3.92. The van der Waals surface area contributed by atoms with Crippen molar-refractivity contribution < 1.29 is 37.7 Å². The molecule has 27 heavy (non-hydrogen) atoms. The van der Waals surface area contributed by atoms with Gasteiger partial charge in [-0.1, -0.05) is 6.07 Å². The smallest absolute Gasteiger partial charge is 0.373 e. The summed E-state index contributed by atoms with van der Waals surface area (Å²) in [5.74, 6) is -2.57. The van der Waals surface area contributed by atoms with Crippen molar-refractivity contribution in [3.05, 3.63) is 70.6 Å². The molecule has 0 atom stereocenters. The molecule has 1 aliphatic rings. The molecule has 0 radical (unpaired) electrons. The predicted molar refractivity (Wildman–Crippen MR) is 89.6 cm³/mol. The summed E-state index contributed by atoms with van der Waals surface area (Å²) < 4.78 is 34.3. The maximum atomic E-state index is 13.6. The second-order valence-electron chi connectivity index (χ2n) is 5.74. The van der Waals surface area contributed by atoms with Crippen LogP contribution in [0.25, 0.3) is 0 Å². The molecule has 0 unspecified atom stereocenters. The minimum absolute atomic E-state index is 0.0579. The van der Waals surface area contributed by atoms with Crippen molar-refractivity contribution in [2.45, 2.75) is 12.7 Å². The molecule has 8 heteroatoms. The van der Waals surface area contributed by atoms with Gasteiger partial charge in [0.15, 0.2) is 12.1 Å². The second-order valence-corrected chi connectivity index (χ2v) is 5.74. The minimum Gasteiger partial charge on any atom is -0.502 e. The zero-order valence-electron chi connectivity index (χ0n) is 14.4. The number of furan rings is 1. The third kappa shape index (κ3) is 4.42. The number of carbonyl (C=O) groups excluding carboxylic acids is 2. The van der Waals surface area contributed by atoms with Gasteiger partial charge in [-0.25, -0.2) is 9.18 Å². The fourth-order valence-corrected chi connectivity index (χ4v) is 2.64. The van der Waals surface area contributed by atoms with Gasteiger partial charge in [-0.2, -0.15) is 0 Å². The van der Waals surface area contributed by atoms with Crippen molar-refractivity contribution in [1.29, 1.82) is 0 Å². The van der Waals surface area contributed by atoms with Crippen LogP contribution < -0.4 is 0 Å². The molecule has 2 aromatic rings. The molecule has 1 fully saturated rings. The number of hydrogen-bond acceptors (Lipinski definition) is 7. The Kier molecular flexibility index (Phi) is 5.68. The highest BCUT2D eigenvalue weighted by Crippen LogP contribution is 2.29. The topological polar surface area (TPSA) is 95.2 Å². The van der Waals surface area contributed by atoms with E-state index in [0.29, 0.717) is 24.5 Å². The number of aliphatic hydroxyl groups excluding tert-OH is 1. The number of ether oxygens (including phenoxy) is 3. The van der Waals surface area contributed by atoms with E-state index in [9.17, 15) is 19.1 Å². The van der Waals surface area contributed by atoms with Gasteiger partial charge >= 0.3 is 5.97 Å². The summed E-state index contributed by atoms with van der Waals surface area (Å²) in [6.07, 6.45) is 0.350. The molecule has 3 rings (SSSR count). The van der Waals surface area contributed by atoms with Crippen LogP contribution in [0.1, 0.15) is 33.7 Å². The molecule has 0 amide bonds. The zero-order valence-corrected chi connectivity index (χ0v) is 14.4. The van der Waals surface area contributed by atoms with Gasteiger partial charge in [0.25, 0.3) is 0 Å². The number of carbonyl (C=O) groups is 2. The lowest BCUT2D eigenvalue weighted by Crippen LogP contribution is -2.06. The molecule has 7 nitrogen and oxygen atoms in total. The lowest BCUT2D eigenvalue weighted by atomic mass is 10.0. The van der Waals surface area contributed by atoms with E-state index in [1.807, 2.05) is 0 Å². The van der Waals surface area contributed by atoms with Crippen LogP contribution in [0.2, 0.25) is 0 Å². The Morgan fingerprint density at radius 3 is 2.70 bits per heavy atom. The molecule has 0 bridgehead atoms. The number of rotatable bonds is 6. The van der Waals surface area contributed by atoms with Crippen LogP contribution in [0.5, 0.6) is 0 Å². The van der Waals surface area contributed by atoms with Crippen LogP contribution in [0.15, 0.2) is 46.6 Å². The Morgan fingerprint density at radius 1 is 1.26 bits per heavy atom. The summed E-state index contributed by atoms with van der Waals surface area (Å²) in [5, 5.41) is 9.44. The van der Waals surface area contributed by atoms with E-state index in [2.05, 4.69) is 4.74 Å². The predicted octanol–water partition coefficient (Wildman–Crippen LogP) is 2.85. The summed E-state index contributed by atoms with van der Waals surface area (Å²) in [6, 6.07) is 7.27. The van der Waals surface area contributed by atoms with Crippen molar-refractivity contribution in [3.8, 4) is 0 Å². The van der Waals surface area contributed by atoms with Crippen molar-refractivity contribution in [2.24, 2.45) is 0 Å². The molecule has 1 saturated heterocycles. The molecular formula is C19H17FO7. The van der Waals surface area contributed by atoms with Gasteiger partial charge in [0.05, 0.1) is 20.3 Å². The first-order valence-corrected chi connectivity index (χ1v) is 8.11. The maximum absolute atomic E-state index is 13.6. The van der Waals surface area contributed by atoms with Gasteiger partial charge in [0.2, 0.25) is 11.5 Å². The molecule has 142 valence electrons. The van der Waals surface area contributed by atoms with Crippen molar-refractivity contribution in [3.63, 3.8) is 0 Å². The normalized spacial score (nSPS) is 15.1. The fourth-order valence-electron chi connectivity index (χ4n) is 2.64. The van der Waals surface area contributed by atoms with Crippen LogP contribution in [0.3, 0.4) is 0 Å². The maximum Gasteiger partial charge on any atom is 0.373 e. The monoisotopic (exact) mass is 376 g/mol. The Labute approximate surface area is 153 Å². The zero-order chi connectivity index (χ0) is 19.4. The van der Waals surface area contributed by atoms with Gasteiger partial charge in [-0.15, -0.1) is 0 Å². The van der Waals surface area contributed by atoms with Crippen LogP contribution in [-0.4, -0.2) is 37.2 Å². The average molecular weight is 376 g/mol. The summed E-state index contributed by atoms with van der Waals surface area (Å²) in [6.45, 7) is 0.853. The number of esters is 1. The van der Waals surface area contributed by atoms with Crippen LogP contribution in [0.4, 0.5) is 4.39 Å². The SMILES string of the molecule is COC(=O)/C(O)=C/C(=O)c1ccc(Cc2ccc(F)cc2C2OCCO2)o1. The largest absolute Gasteiger partial charge is 0.502 e. The van der Waals surface area contributed by atoms with Crippen molar-refractivity contribution >= 4 is 11.8 Å². The fraction of sp³-hybridized carbons (Fsp3) is 0.263. The molecule has 1 aliphatic heterocycles. The van der Waals surface area contributed by atoms with Crippen molar-refractivity contribution in [2.75, 3.05) is 20.3 Å². The molecule has 1 N–H and O–H groups in total. The number of methoxy groups -OCH3 is 1. The van der Waals surface area contributed by atoms with E-state index in [1.165, 1.54) is 18.2 Å². The quantitative estimate of drug-likeness (QED) is 0.358. The standard InChI is InChI=1S/C19H17FO7/c1-24-18(23)16(22)10-15(21)17-5-4-13(27-17)8-11-2-3-12(20)9-14(11)19-25-6-7-26-19/h2-5,9-10,19,22H,6-8H2,1H3/b16-10-. The molecule has 1 aromatic heterocycles. The van der Waals surface area contributed by atoms with Gasteiger partial charge < -0.3 is 23.7 Å². The highest BCUT2D eigenvalue weighted by molar-refractivity contribution is 6.06. The van der Waals surface area contributed by atoms with Crippen LogP contribution >= 0.6 is 0 Å². The number of hydrogen-bond donors (Lipinski definition) is 1. The third-order valence-electron chi connectivity index (χ3n) is 3.92. The number of benzene rings is 1. The Bertz CT molecular complexity index is 878. The van der Waals surface area contributed by atoms with E-state index >= 15 is 0 Å².